The lowest BCUT2D eigenvalue weighted by Crippen LogP contribution is -2.52. The molecule has 2 fully saturated rings. The number of hydrogen-bond acceptors (Lipinski definition) is 3. The fraction of sp³-hybridized carbons (Fsp3) is 0.938. The van der Waals surface area contributed by atoms with E-state index in [9.17, 15) is 4.79 Å². The number of nitrogens with two attached hydrogens (primary N) is 1. The van der Waals surface area contributed by atoms with Crippen LogP contribution in [0.4, 0.5) is 0 Å². The second kappa shape index (κ2) is 6.90. The quantitative estimate of drug-likeness (QED) is 0.828. The fourth-order valence-electron chi connectivity index (χ4n) is 3.71. The van der Waals surface area contributed by atoms with E-state index >= 15 is 0 Å². The normalized spacial score (nSPS) is 39.5. The van der Waals surface area contributed by atoms with Gasteiger partial charge in [0.15, 0.2) is 0 Å². The number of amides is 1. The standard InChI is InChI=1S/C16H31N3O/c1-11-5-4-6-15(13(11)3)18-16(20)10-19-8-7-14(17)9-12(19)2/h11-15H,4-10,17H2,1-3H3,(H,18,20). The molecule has 0 bridgehead atoms. The summed E-state index contributed by atoms with van der Waals surface area (Å²) in [5.74, 6) is 1.51. The molecule has 0 radical (unpaired) electrons. The zero-order valence-corrected chi connectivity index (χ0v) is 13.3. The third-order valence-electron chi connectivity index (χ3n) is 5.45. The molecule has 116 valence electrons. The van der Waals surface area contributed by atoms with Gasteiger partial charge in [0.05, 0.1) is 6.54 Å². The molecule has 0 aromatic rings. The van der Waals surface area contributed by atoms with Crippen LogP contribution >= 0.6 is 0 Å². The molecule has 5 atom stereocenters. The summed E-state index contributed by atoms with van der Waals surface area (Å²) in [6.07, 6.45) is 5.69. The van der Waals surface area contributed by atoms with Crippen molar-refractivity contribution in [2.75, 3.05) is 13.1 Å². The third-order valence-corrected chi connectivity index (χ3v) is 5.45. The van der Waals surface area contributed by atoms with Crippen LogP contribution in [0.1, 0.15) is 52.9 Å². The van der Waals surface area contributed by atoms with Crippen LogP contribution in [-0.2, 0) is 4.79 Å². The van der Waals surface area contributed by atoms with Gasteiger partial charge in [0.2, 0.25) is 5.91 Å². The van der Waals surface area contributed by atoms with Crippen LogP contribution in [-0.4, -0.2) is 42.0 Å². The van der Waals surface area contributed by atoms with Crippen molar-refractivity contribution in [1.29, 1.82) is 0 Å². The van der Waals surface area contributed by atoms with Crippen LogP contribution in [0.5, 0.6) is 0 Å². The molecule has 5 unspecified atom stereocenters. The molecule has 1 saturated carbocycles. The summed E-state index contributed by atoms with van der Waals surface area (Å²) < 4.78 is 0. The molecular weight excluding hydrogens is 250 g/mol. The molecule has 1 heterocycles. The van der Waals surface area contributed by atoms with Crippen LogP contribution in [0.2, 0.25) is 0 Å². The number of hydrogen-bond donors (Lipinski definition) is 2. The van der Waals surface area contributed by atoms with Gasteiger partial charge < -0.3 is 11.1 Å². The maximum Gasteiger partial charge on any atom is 0.234 e. The molecule has 0 aromatic carbocycles. The molecule has 1 saturated heterocycles. The van der Waals surface area contributed by atoms with Gasteiger partial charge in [-0.1, -0.05) is 26.7 Å². The van der Waals surface area contributed by atoms with Gasteiger partial charge in [-0.15, -0.1) is 0 Å². The van der Waals surface area contributed by atoms with Crippen molar-refractivity contribution in [2.45, 2.75) is 71.0 Å². The highest BCUT2D eigenvalue weighted by molar-refractivity contribution is 5.78. The average molecular weight is 281 g/mol. The summed E-state index contributed by atoms with van der Waals surface area (Å²) in [4.78, 5) is 14.5. The number of likely N-dealkylation sites (tertiary alicyclic amines) is 1. The van der Waals surface area contributed by atoms with E-state index in [0.717, 1.165) is 31.7 Å². The van der Waals surface area contributed by atoms with Crippen LogP contribution in [0.25, 0.3) is 0 Å². The molecule has 1 aliphatic carbocycles. The van der Waals surface area contributed by atoms with E-state index in [1.54, 1.807) is 0 Å². The molecule has 1 amide bonds. The molecule has 4 nitrogen and oxygen atoms in total. The number of rotatable bonds is 3. The zero-order valence-electron chi connectivity index (χ0n) is 13.3. The van der Waals surface area contributed by atoms with Crippen LogP contribution in [0, 0.1) is 11.8 Å². The second-order valence-corrected chi connectivity index (χ2v) is 7.05. The first kappa shape index (κ1) is 15.8. The minimum atomic E-state index is 0.193. The topological polar surface area (TPSA) is 58.4 Å². The van der Waals surface area contributed by atoms with E-state index in [1.165, 1.54) is 12.8 Å². The number of carbonyl (C=O) groups is 1. The molecule has 1 aliphatic heterocycles. The van der Waals surface area contributed by atoms with E-state index in [-0.39, 0.29) is 5.91 Å². The minimum absolute atomic E-state index is 0.193. The van der Waals surface area contributed by atoms with Gasteiger partial charge >= 0.3 is 0 Å². The lowest BCUT2D eigenvalue weighted by molar-refractivity contribution is -0.124. The van der Waals surface area contributed by atoms with Crippen molar-refractivity contribution >= 4 is 5.91 Å². The Morgan fingerprint density at radius 3 is 2.70 bits per heavy atom. The average Bonchev–Trinajstić information content (AvgIpc) is 2.38. The Morgan fingerprint density at radius 2 is 2.00 bits per heavy atom. The first-order valence-electron chi connectivity index (χ1n) is 8.26. The zero-order chi connectivity index (χ0) is 14.7. The van der Waals surface area contributed by atoms with Gasteiger partial charge in [-0.3, -0.25) is 9.69 Å². The van der Waals surface area contributed by atoms with Gasteiger partial charge in [0.25, 0.3) is 0 Å². The highest BCUT2D eigenvalue weighted by atomic mass is 16.2. The Labute approximate surface area is 123 Å². The van der Waals surface area contributed by atoms with Crippen molar-refractivity contribution in [3.8, 4) is 0 Å². The molecule has 0 aromatic heterocycles. The molecule has 4 heteroatoms. The maximum absolute atomic E-state index is 12.3. The van der Waals surface area contributed by atoms with Crippen molar-refractivity contribution in [3.63, 3.8) is 0 Å². The van der Waals surface area contributed by atoms with E-state index in [4.69, 9.17) is 5.73 Å². The minimum Gasteiger partial charge on any atom is -0.352 e. The van der Waals surface area contributed by atoms with Crippen molar-refractivity contribution in [1.82, 2.24) is 10.2 Å². The predicted molar refractivity (Wildman–Crippen MR) is 82.4 cm³/mol. The van der Waals surface area contributed by atoms with Crippen LogP contribution in [0.15, 0.2) is 0 Å². The van der Waals surface area contributed by atoms with Crippen molar-refractivity contribution in [3.05, 3.63) is 0 Å². The first-order chi connectivity index (χ1) is 9.47. The van der Waals surface area contributed by atoms with Crippen LogP contribution in [0.3, 0.4) is 0 Å². The lowest BCUT2D eigenvalue weighted by atomic mass is 9.78. The third kappa shape index (κ3) is 3.95. The van der Waals surface area contributed by atoms with E-state index in [2.05, 4.69) is 31.0 Å². The van der Waals surface area contributed by atoms with Crippen LogP contribution < -0.4 is 11.1 Å². The first-order valence-corrected chi connectivity index (χ1v) is 8.26. The molecule has 0 spiro atoms. The molecule has 2 rings (SSSR count). The van der Waals surface area contributed by atoms with Gasteiger partial charge in [-0.25, -0.2) is 0 Å². The summed E-state index contributed by atoms with van der Waals surface area (Å²) >= 11 is 0. The Morgan fingerprint density at radius 1 is 1.25 bits per heavy atom. The molecule has 3 N–H and O–H groups in total. The van der Waals surface area contributed by atoms with E-state index in [0.29, 0.717) is 30.6 Å². The summed E-state index contributed by atoms with van der Waals surface area (Å²) in [5.41, 5.74) is 5.97. The van der Waals surface area contributed by atoms with Crippen molar-refractivity contribution in [2.24, 2.45) is 17.6 Å². The van der Waals surface area contributed by atoms with E-state index in [1.807, 2.05) is 0 Å². The Bertz CT molecular complexity index is 334. The monoisotopic (exact) mass is 281 g/mol. The number of nitrogens with one attached hydrogen (secondary N) is 1. The Balaban J connectivity index is 1.80. The Kier molecular flexibility index (Phi) is 5.44. The number of piperidine rings is 1. The summed E-state index contributed by atoms with van der Waals surface area (Å²) in [6, 6.07) is 1.10. The molecular formula is C16H31N3O. The lowest BCUT2D eigenvalue weighted by Gasteiger charge is -2.38. The van der Waals surface area contributed by atoms with Gasteiger partial charge in [-0.05, 0) is 38.0 Å². The predicted octanol–water partition coefficient (Wildman–Crippen LogP) is 1.74. The van der Waals surface area contributed by atoms with Gasteiger partial charge in [0.1, 0.15) is 0 Å². The van der Waals surface area contributed by atoms with Crippen molar-refractivity contribution < 1.29 is 4.79 Å². The summed E-state index contributed by atoms with van der Waals surface area (Å²) in [7, 11) is 0. The number of nitrogens with zero attached hydrogens (tertiary/aromatic N) is 1. The highest BCUT2D eigenvalue weighted by Gasteiger charge is 2.30. The number of carbonyl (C=O) groups excluding carboxylic acids is 1. The maximum atomic E-state index is 12.3. The van der Waals surface area contributed by atoms with Gasteiger partial charge in [-0.2, -0.15) is 0 Å². The second-order valence-electron chi connectivity index (χ2n) is 7.05. The molecule has 2 aliphatic rings. The van der Waals surface area contributed by atoms with E-state index < -0.39 is 0 Å². The SMILES string of the molecule is CC1CCCC(NC(=O)CN2CCC(N)CC2C)C1C. The Hall–Kier alpha value is -0.610. The summed E-state index contributed by atoms with van der Waals surface area (Å²) in [5, 5.41) is 3.27. The van der Waals surface area contributed by atoms with Gasteiger partial charge in [0, 0.05) is 24.7 Å². The summed E-state index contributed by atoms with van der Waals surface area (Å²) in [6.45, 7) is 8.24. The highest BCUT2D eigenvalue weighted by Crippen LogP contribution is 2.29. The fourth-order valence-corrected chi connectivity index (χ4v) is 3.71. The molecule has 20 heavy (non-hydrogen) atoms. The largest absolute Gasteiger partial charge is 0.352 e. The smallest absolute Gasteiger partial charge is 0.234 e.